The van der Waals surface area contributed by atoms with Gasteiger partial charge in [-0.1, -0.05) is 5.16 Å². The van der Waals surface area contributed by atoms with Gasteiger partial charge in [0.2, 0.25) is 0 Å². The van der Waals surface area contributed by atoms with E-state index in [-0.39, 0.29) is 5.91 Å². The van der Waals surface area contributed by atoms with E-state index in [9.17, 15) is 15.1 Å². The molecule has 1 aromatic heterocycles. The van der Waals surface area contributed by atoms with Gasteiger partial charge in [-0.2, -0.15) is 0 Å². The minimum atomic E-state index is 0.0152. The highest BCUT2D eigenvalue weighted by Crippen LogP contribution is 2.21. The number of amides is 1. The summed E-state index contributed by atoms with van der Waals surface area (Å²) in [6.07, 6.45) is 3.31. The second kappa shape index (κ2) is 8.79. The number of phenols is 1. The van der Waals surface area contributed by atoms with Crippen LogP contribution >= 0.6 is 0 Å². The molecule has 0 unspecified atom stereocenters. The molecule has 0 bridgehead atoms. The van der Waals surface area contributed by atoms with Crippen LogP contribution in [0.2, 0.25) is 0 Å². The van der Waals surface area contributed by atoms with Crippen molar-refractivity contribution in [2.24, 2.45) is 12.2 Å². The summed E-state index contributed by atoms with van der Waals surface area (Å²) in [6, 6.07) is 9.18. The fraction of sp³-hybridized carbons (Fsp3) is 0.455. The van der Waals surface area contributed by atoms with Crippen molar-refractivity contribution in [1.29, 1.82) is 0 Å². The number of phenolic OH excluding ortho intramolecular Hbond substituents is 1. The Balaban J connectivity index is 1.28. The van der Waals surface area contributed by atoms with Gasteiger partial charge in [0, 0.05) is 64.6 Å². The molecule has 4 rings (SSSR count). The lowest BCUT2D eigenvalue weighted by molar-refractivity contribution is 0.0755. The molecular weight excluding hydrogens is 382 g/mol. The van der Waals surface area contributed by atoms with E-state index in [0.29, 0.717) is 36.5 Å². The van der Waals surface area contributed by atoms with Gasteiger partial charge in [-0.25, -0.2) is 0 Å². The fourth-order valence-electron chi connectivity index (χ4n) is 4.38. The molecule has 30 heavy (non-hydrogen) atoms. The summed E-state index contributed by atoms with van der Waals surface area (Å²) >= 11 is 0. The third-order valence-electron chi connectivity index (χ3n) is 6.09. The molecule has 0 atom stereocenters. The molecule has 0 radical (unpaired) electrons. The zero-order valence-corrected chi connectivity index (χ0v) is 17.4. The van der Waals surface area contributed by atoms with Gasteiger partial charge >= 0.3 is 0 Å². The third-order valence-corrected chi connectivity index (χ3v) is 6.09. The molecule has 1 saturated heterocycles. The van der Waals surface area contributed by atoms with Crippen LogP contribution in [0.3, 0.4) is 0 Å². The summed E-state index contributed by atoms with van der Waals surface area (Å²) in [4.78, 5) is 19.6. The molecule has 0 aliphatic carbocycles. The lowest BCUT2D eigenvalue weighted by Crippen LogP contribution is -2.47. The molecule has 2 aliphatic heterocycles. The van der Waals surface area contributed by atoms with Crippen molar-refractivity contribution in [2.75, 3.05) is 50.7 Å². The van der Waals surface area contributed by atoms with Crippen molar-refractivity contribution in [3.8, 4) is 5.75 Å². The summed E-state index contributed by atoms with van der Waals surface area (Å²) in [7, 11) is 1.87. The van der Waals surface area contributed by atoms with Gasteiger partial charge in [-0.05, 0) is 43.3 Å². The maximum absolute atomic E-state index is 13.0. The molecule has 0 spiro atoms. The first-order chi connectivity index (χ1) is 14.6. The number of hydrogen-bond donors (Lipinski definition) is 2. The molecule has 8 heteroatoms. The SMILES string of the molecule is Cn1ccc2c1/C(=N\O)CCN(CCCN1CCN(c3ccc(O)cc3)CC1)C2=O. The third kappa shape index (κ3) is 4.14. The molecule has 2 aliphatic rings. The van der Waals surface area contributed by atoms with E-state index < -0.39 is 0 Å². The highest BCUT2D eigenvalue weighted by molar-refractivity contribution is 6.10. The number of rotatable bonds is 5. The standard InChI is InChI=1S/C22H29N5O3/c1-24-11-7-19-21(24)20(23-30)8-12-27(22(19)29)10-2-9-25-13-15-26(16-14-25)17-3-5-18(28)6-4-17/h3-7,11,28,30H,2,8-10,12-16H2,1H3/b23-20-. The Labute approximate surface area is 176 Å². The molecule has 1 fully saturated rings. The Morgan fingerprint density at radius 2 is 1.73 bits per heavy atom. The number of benzene rings is 1. The monoisotopic (exact) mass is 411 g/mol. The minimum Gasteiger partial charge on any atom is -0.508 e. The number of hydrogen-bond acceptors (Lipinski definition) is 6. The molecule has 1 amide bonds. The van der Waals surface area contributed by atoms with Crippen LogP contribution in [0, 0.1) is 0 Å². The van der Waals surface area contributed by atoms with Crippen LogP contribution in [0.1, 0.15) is 28.9 Å². The summed E-state index contributed by atoms with van der Waals surface area (Å²) in [6.45, 7) is 6.10. The van der Waals surface area contributed by atoms with E-state index in [1.807, 2.05) is 40.9 Å². The Morgan fingerprint density at radius 1 is 1.00 bits per heavy atom. The zero-order chi connectivity index (χ0) is 21.1. The van der Waals surface area contributed by atoms with Crippen molar-refractivity contribution in [2.45, 2.75) is 12.8 Å². The molecule has 160 valence electrons. The highest BCUT2D eigenvalue weighted by Gasteiger charge is 2.28. The van der Waals surface area contributed by atoms with Crippen molar-refractivity contribution < 1.29 is 15.1 Å². The molecular formula is C22H29N5O3. The predicted molar refractivity (Wildman–Crippen MR) is 116 cm³/mol. The summed E-state index contributed by atoms with van der Waals surface area (Å²) < 4.78 is 1.85. The summed E-state index contributed by atoms with van der Waals surface area (Å²) in [5, 5.41) is 22.2. The first-order valence-electron chi connectivity index (χ1n) is 10.5. The summed E-state index contributed by atoms with van der Waals surface area (Å²) in [5.74, 6) is 0.307. The van der Waals surface area contributed by atoms with Crippen LogP contribution in [-0.2, 0) is 7.05 Å². The van der Waals surface area contributed by atoms with Crippen LogP contribution in [0.4, 0.5) is 5.69 Å². The van der Waals surface area contributed by atoms with Gasteiger partial charge in [-0.15, -0.1) is 0 Å². The summed E-state index contributed by atoms with van der Waals surface area (Å²) in [5.41, 5.74) is 3.04. The van der Waals surface area contributed by atoms with Gasteiger partial charge in [0.15, 0.2) is 0 Å². The van der Waals surface area contributed by atoms with Crippen LogP contribution in [0.15, 0.2) is 41.7 Å². The number of nitrogens with zero attached hydrogens (tertiary/aromatic N) is 5. The first kappa shape index (κ1) is 20.3. The Bertz CT molecular complexity index is 913. The normalized spacial score (nSPS) is 19.2. The molecule has 0 saturated carbocycles. The van der Waals surface area contributed by atoms with Crippen molar-refractivity contribution in [3.63, 3.8) is 0 Å². The van der Waals surface area contributed by atoms with E-state index >= 15 is 0 Å². The van der Waals surface area contributed by atoms with Crippen LogP contribution in [0.5, 0.6) is 5.75 Å². The number of aryl methyl sites for hydroxylation is 1. The van der Waals surface area contributed by atoms with E-state index in [0.717, 1.165) is 50.5 Å². The fourth-order valence-corrected chi connectivity index (χ4v) is 4.38. The quantitative estimate of drug-likeness (QED) is 0.581. The first-order valence-corrected chi connectivity index (χ1v) is 10.5. The maximum Gasteiger partial charge on any atom is 0.256 e. The van der Waals surface area contributed by atoms with Gasteiger partial charge in [-0.3, -0.25) is 9.69 Å². The van der Waals surface area contributed by atoms with Gasteiger partial charge in [0.25, 0.3) is 5.91 Å². The lowest BCUT2D eigenvalue weighted by atomic mass is 10.1. The van der Waals surface area contributed by atoms with E-state index in [1.165, 1.54) is 0 Å². The second-order valence-corrected chi connectivity index (χ2v) is 7.98. The average molecular weight is 412 g/mol. The van der Waals surface area contributed by atoms with E-state index in [2.05, 4.69) is 15.0 Å². The zero-order valence-electron chi connectivity index (χ0n) is 17.4. The van der Waals surface area contributed by atoms with Crippen LogP contribution < -0.4 is 4.90 Å². The van der Waals surface area contributed by atoms with Gasteiger partial charge < -0.3 is 24.7 Å². The van der Waals surface area contributed by atoms with Crippen molar-refractivity contribution >= 4 is 17.3 Å². The van der Waals surface area contributed by atoms with E-state index in [4.69, 9.17) is 0 Å². The lowest BCUT2D eigenvalue weighted by Gasteiger charge is -2.36. The van der Waals surface area contributed by atoms with Crippen LogP contribution in [0.25, 0.3) is 0 Å². The topological polar surface area (TPSA) is 84.5 Å². The number of anilines is 1. The Hall–Kier alpha value is -3.00. The number of oxime groups is 1. The number of aromatic hydroxyl groups is 1. The Morgan fingerprint density at radius 3 is 2.43 bits per heavy atom. The molecule has 1 aromatic carbocycles. The maximum atomic E-state index is 13.0. The highest BCUT2D eigenvalue weighted by atomic mass is 16.4. The molecule has 3 heterocycles. The van der Waals surface area contributed by atoms with E-state index in [1.54, 1.807) is 12.1 Å². The number of piperazine rings is 1. The van der Waals surface area contributed by atoms with Crippen molar-refractivity contribution in [1.82, 2.24) is 14.4 Å². The number of aromatic nitrogens is 1. The predicted octanol–water partition coefficient (Wildman–Crippen LogP) is 1.97. The van der Waals surface area contributed by atoms with Crippen LogP contribution in [-0.4, -0.2) is 82.1 Å². The smallest absolute Gasteiger partial charge is 0.256 e. The van der Waals surface area contributed by atoms with Crippen molar-refractivity contribution in [3.05, 3.63) is 47.8 Å². The number of fused-ring (bicyclic) bond motifs is 1. The molecule has 2 aromatic rings. The second-order valence-electron chi connectivity index (χ2n) is 7.98. The van der Waals surface area contributed by atoms with Gasteiger partial charge in [0.05, 0.1) is 11.3 Å². The van der Waals surface area contributed by atoms with Gasteiger partial charge in [0.1, 0.15) is 11.5 Å². The number of carbonyl (C=O) groups excluding carboxylic acids is 1. The molecule has 2 N–H and O–H groups in total. The largest absolute Gasteiger partial charge is 0.508 e. The average Bonchev–Trinajstić information content (AvgIpc) is 3.08. The minimum absolute atomic E-state index is 0.0152. The number of carbonyl (C=O) groups is 1. The Kier molecular flexibility index (Phi) is 5.94. The molecule has 8 nitrogen and oxygen atoms in total.